The van der Waals surface area contributed by atoms with Crippen LogP contribution in [0, 0.1) is 13.2 Å². The van der Waals surface area contributed by atoms with Crippen LogP contribution in [0.3, 0.4) is 0 Å². The van der Waals surface area contributed by atoms with Gasteiger partial charge in [-0.25, -0.2) is 12.8 Å². The summed E-state index contributed by atoms with van der Waals surface area (Å²) in [7, 11) is -2.71. The van der Waals surface area contributed by atoms with Gasteiger partial charge in [0.2, 0.25) is 0 Å². The van der Waals surface area contributed by atoms with Gasteiger partial charge in [0.05, 0.1) is 4.90 Å². The quantitative estimate of drug-likeness (QED) is 0.751. The Labute approximate surface area is 123 Å². The van der Waals surface area contributed by atoms with E-state index in [0.717, 1.165) is 13.1 Å². The fraction of sp³-hybridized carbons (Fsp3) is 0.125. The van der Waals surface area contributed by atoms with Crippen LogP contribution in [0.1, 0.15) is 0 Å². The zero-order valence-corrected chi connectivity index (χ0v) is 13.5. The molecule has 1 rings (SSSR count). The summed E-state index contributed by atoms with van der Waals surface area (Å²) in [6.07, 6.45) is 0. The average Bonchev–Trinajstić information content (AvgIpc) is 2.03. The molecule has 0 unspecified atom stereocenters. The van der Waals surface area contributed by atoms with Crippen molar-refractivity contribution in [1.29, 1.82) is 0 Å². The van der Waals surface area contributed by atoms with Gasteiger partial charge in [-0.15, -0.1) is 0 Å². The van der Waals surface area contributed by atoms with E-state index in [9.17, 15) is 12.8 Å². The number of halogens is 2. The van der Waals surface area contributed by atoms with Gasteiger partial charge in [-0.3, -0.25) is 0 Å². The third-order valence-corrected chi connectivity index (χ3v) is 3.27. The van der Waals surface area contributed by atoms with Gasteiger partial charge >= 0.3 is 0 Å². The Bertz CT molecular complexity index is 425. The number of sulfonamides is 1. The van der Waals surface area contributed by atoms with Crippen LogP contribution in [0.5, 0.6) is 0 Å². The Morgan fingerprint density at radius 1 is 1.40 bits per heavy atom. The first-order valence-electron chi connectivity index (χ1n) is 3.28. The van der Waals surface area contributed by atoms with Gasteiger partial charge in [0.15, 0.2) is 0 Å². The van der Waals surface area contributed by atoms with Crippen LogP contribution < -0.4 is 0 Å². The summed E-state index contributed by atoms with van der Waals surface area (Å²) < 4.78 is 38.9. The second kappa shape index (κ2) is 7.06. The smallest absolute Gasteiger partial charge is 0.141 e. The van der Waals surface area contributed by atoms with Gasteiger partial charge in [-0.05, 0) is 18.2 Å². The molecule has 0 saturated heterocycles. The normalized spacial score (nSPS) is 10.1. The number of hydrogen-bond acceptors (Lipinski definition) is 2. The van der Waals surface area contributed by atoms with E-state index in [2.05, 4.69) is 20.7 Å². The van der Waals surface area contributed by atoms with Gasteiger partial charge in [0.25, 0.3) is 0 Å². The van der Waals surface area contributed by atoms with E-state index in [4.69, 9.17) is 0 Å². The molecule has 0 aromatic heterocycles. The van der Waals surface area contributed by atoms with Crippen LogP contribution in [-0.2, 0) is 42.7 Å². The molecule has 0 spiro atoms. The van der Waals surface area contributed by atoms with Gasteiger partial charge in [0, 0.05) is 37.2 Å². The first-order valence-corrected chi connectivity index (χ1v) is 5.52. The van der Waals surface area contributed by atoms with E-state index >= 15 is 0 Å². The van der Waals surface area contributed by atoms with Crippen LogP contribution in [-0.4, -0.2) is 15.5 Å². The second-order valence-corrected chi connectivity index (χ2v) is 4.90. The molecule has 83 valence electrons. The summed E-state index contributed by atoms with van der Waals surface area (Å²) in [6, 6.07) is 3.70. The van der Waals surface area contributed by atoms with Gasteiger partial charge in [0.1, 0.15) is 15.8 Å². The summed E-state index contributed by atoms with van der Waals surface area (Å²) in [5.74, 6) is -0.806. The monoisotopic (exact) mass is 370 g/mol. The molecule has 0 aliphatic heterocycles. The van der Waals surface area contributed by atoms with Gasteiger partial charge in [-0.1, -0.05) is 15.9 Å². The van der Waals surface area contributed by atoms with Crippen molar-refractivity contribution in [1.82, 2.24) is 0 Å². The van der Waals surface area contributed by atoms with Crippen LogP contribution >= 0.6 is 15.9 Å². The fourth-order valence-electron chi connectivity index (χ4n) is 0.783. The zero-order chi connectivity index (χ0) is 10.1. The Balaban J connectivity index is 0. The predicted octanol–water partition coefficient (Wildman–Crippen LogP) is 2.73. The van der Waals surface area contributed by atoms with E-state index in [1.807, 2.05) is 0 Å². The number of nitrogens with zero attached hydrogens (tertiary/aromatic N) is 1. The Morgan fingerprint density at radius 3 is 2.33 bits per heavy atom. The third-order valence-electron chi connectivity index (χ3n) is 1.41. The van der Waals surface area contributed by atoms with Crippen LogP contribution in [0.2, 0.25) is 0 Å². The zero-order valence-electron chi connectivity index (χ0n) is 8.24. The van der Waals surface area contributed by atoms with Crippen molar-refractivity contribution < 1.29 is 45.5 Å². The maximum atomic E-state index is 13.1. The molecule has 7 heteroatoms. The van der Waals surface area contributed by atoms with Crippen molar-refractivity contribution in [2.75, 3.05) is 7.05 Å². The molecule has 1 aromatic carbocycles. The first-order chi connectivity index (χ1) is 5.97. The summed E-state index contributed by atoms with van der Waals surface area (Å²) in [5, 5.41) is 0. The predicted molar refractivity (Wildman–Crippen MR) is 57.0 cm³/mol. The Hall–Kier alpha value is 0.644. The molecular weight excluding hydrogens is 362 g/mol. The van der Waals surface area contributed by atoms with E-state index in [1.165, 1.54) is 12.1 Å². The molecule has 3 nitrogen and oxygen atoms in total. The number of hydrogen-bond donors (Lipinski definition) is 0. The minimum absolute atomic E-state index is 0. The minimum atomic E-state index is -3.82. The van der Waals surface area contributed by atoms with Crippen molar-refractivity contribution in [3.8, 4) is 0 Å². The average molecular weight is 371 g/mol. The summed E-state index contributed by atoms with van der Waals surface area (Å²) >= 11 is 3.02. The molecular formula is C8H9BrFNO2SY-2. The topological polar surface area (TPSA) is 48.2 Å². The second-order valence-electron chi connectivity index (χ2n) is 2.23. The number of benzene rings is 1. The van der Waals surface area contributed by atoms with E-state index in [1.54, 1.807) is 0 Å². The molecule has 1 aromatic rings. The van der Waals surface area contributed by atoms with E-state index in [0.29, 0.717) is 4.47 Å². The Morgan fingerprint density at radius 2 is 1.93 bits per heavy atom. The third kappa shape index (κ3) is 4.57. The molecule has 0 atom stereocenters. The molecule has 0 saturated carbocycles. The van der Waals surface area contributed by atoms with E-state index < -0.39 is 20.7 Å². The summed E-state index contributed by atoms with van der Waals surface area (Å²) in [5.41, 5.74) is 0. The van der Waals surface area contributed by atoms with Crippen molar-refractivity contribution in [2.45, 2.75) is 4.90 Å². The van der Waals surface area contributed by atoms with Gasteiger partial charge < -0.3 is 12.1 Å². The van der Waals surface area contributed by atoms with Gasteiger partial charge in [-0.2, -0.15) is 7.05 Å². The molecule has 0 aliphatic carbocycles. The molecule has 0 fully saturated rings. The largest absolute Gasteiger partial charge is 0.547 e. The van der Waals surface area contributed by atoms with Crippen molar-refractivity contribution in [2.24, 2.45) is 0 Å². The molecule has 0 amide bonds. The standard InChI is InChI=1S/C7H6BrFNO2S.CH3.Y/c1-10-13(11,12)7-3-2-5(8)4-6(7)9;;/h2-4H,1H3;1H3;/q2*-1;. The van der Waals surface area contributed by atoms with Crippen LogP contribution in [0.15, 0.2) is 27.6 Å². The molecule has 0 N–H and O–H groups in total. The maximum absolute atomic E-state index is 13.1. The van der Waals surface area contributed by atoms with Crippen molar-refractivity contribution in [3.05, 3.63) is 40.6 Å². The fourth-order valence-corrected chi connectivity index (χ4v) is 1.86. The molecule has 0 heterocycles. The van der Waals surface area contributed by atoms with Crippen molar-refractivity contribution in [3.63, 3.8) is 0 Å². The Kier molecular flexibility index (Phi) is 8.49. The first kappa shape index (κ1) is 18.0. The molecule has 15 heavy (non-hydrogen) atoms. The van der Waals surface area contributed by atoms with E-state index in [-0.39, 0.29) is 40.1 Å². The summed E-state index contributed by atoms with van der Waals surface area (Å²) in [6.45, 7) is 0. The minimum Gasteiger partial charge on any atom is -0.547 e. The molecule has 1 radical (unpaired) electrons. The SMILES string of the molecule is C[N-]S(=O)(=O)c1ccc(Br)cc1F.[CH3-].[Y]. The molecule has 0 bridgehead atoms. The van der Waals surface area contributed by atoms with Crippen molar-refractivity contribution >= 4 is 26.0 Å². The van der Waals surface area contributed by atoms with Crippen LogP contribution in [0.25, 0.3) is 4.72 Å². The van der Waals surface area contributed by atoms with Crippen LogP contribution in [0.4, 0.5) is 4.39 Å². The maximum Gasteiger partial charge on any atom is 0.141 e. The molecule has 0 aliphatic rings. The number of rotatable bonds is 2. The summed E-state index contributed by atoms with van der Waals surface area (Å²) in [4.78, 5) is -0.404.